The maximum atomic E-state index is 10.7. The van der Waals surface area contributed by atoms with Gasteiger partial charge < -0.3 is 15.0 Å². The fourth-order valence-electron chi connectivity index (χ4n) is 3.62. The molecule has 2 atom stereocenters. The Morgan fingerprint density at radius 1 is 1.10 bits per heavy atom. The van der Waals surface area contributed by atoms with E-state index in [0.29, 0.717) is 24.7 Å². The maximum Gasteiger partial charge on any atom is 0.134 e. The van der Waals surface area contributed by atoms with Gasteiger partial charge in [0.05, 0.1) is 6.54 Å². The predicted molar refractivity (Wildman–Crippen MR) is 89.7 cm³/mol. The van der Waals surface area contributed by atoms with Crippen LogP contribution in [0.3, 0.4) is 0 Å². The number of hydrogen-bond acceptors (Lipinski definition) is 4. The smallest absolute Gasteiger partial charge is 0.134 e. The molecule has 0 radical (unpaired) electrons. The predicted octanol–water partition coefficient (Wildman–Crippen LogP) is 2.14. The highest BCUT2D eigenvalue weighted by Gasteiger charge is 2.32. The maximum absolute atomic E-state index is 10.7. The van der Waals surface area contributed by atoms with Crippen LogP contribution < -0.4 is 5.32 Å². The van der Waals surface area contributed by atoms with Gasteiger partial charge in [0.1, 0.15) is 6.29 Å². The van der Waals surface area contributed by atoms with E-state index >= 15 is 0 Å². The number of nitrogens with one attached hydrogen (secondary N) is 1. The standard InChI is InChI=1S/C12H24N2O.C5H11N/c1-4-11-8-10(13-3)9-12(5-2)14(11)6-7-15;1-6-4-2-3-5-6/h7,10-13H,4-6,8-9H2,1-3H3;2-5H2,1H3. The van der Waals surface area contributed by atoms with E-state index in [0.717, 1.165) is 19.1 Å². The van der Waals surface area contributed by atoms with Crippen LogP contribution in [0, 0.1) is 0 Å². The second kappa shape index (κ2) is 10.3. The third-order valence-corrected chi connectivity index (χ3v) is 5.02. The van der Waals surface area contributed by atoms with Crippen LogP contribution in [0.1, 0.15) is 52.4 Å². The SMILES string of the molecule is CCC1CC(NC)CC(CC)N1CC=O.CN1CCCC1. The zero-order valence-electron chi connectivity index (χ0n) is 14.5. The van der Waals surface area contributed by atoms with Gasteiger partial charge in [0.2, 0.25) is 0 Å². The van der Waals surface area contributed by atoms with E-state index < -0.39 is 0 Å². The van der Waals surface area contributed by atoms with Crippen molar-refractivity contribution in [2.24, 2.45) is 0 Å². The molecule has 124 valence electrons. The molecular formula is C17H35N3O. The summed E-state index contributed by atoms with van der Waals surface area (Å²) in [6.07, 6.45) is 8.51. The topological polar surface area (TPSA) is 35.6 Å². The Kier molecular flexibility index (Phi) is 9.13. The highest BCUT2D eigenvalue weighted by atomic mass is 16.1. The van der Waals surface area contributed by atoms with Gasteiger partial charge in [-0.25, -0.2) is 0 Å². The molecule has 0 aromatic rings. The zero-order valence-corrected chi connectivity index (χ0v) is 14.5. The second-order valence-electron chi connectivity index (χ2n) is 6.45. The number of carbonyl (C=O) groups excluding carboxylic acids is 1. The fraction of sp³-hybridized carbons (Fsp3) is 0.941. The van der Waals surface area contributed by atoms with Crippen molar-refractivity contribution in [2.75, 3.05) is 33.7 Å². The molecule has 0 aliphatic carbocycles. The van der Waals surface area contributed by atoms with E-state index in [1.54, 1.807) is 0 Å². The minimum Gasteiger partial charge on any atom is -0.317 e. The molecule has 21 heavy (non-hydrogen) atoms. The third kappa shape index (κ3) is 6.05. The number of hydrogen-bond donors (Lipinski definition) is 1. The quantitative estimate of drug-likeness (QED) is 0.789. The first-order valence-corrected chi connectivity index (χ1v) is 8.71. The van der Waals surface area contributed by atoms with Crippen LogP contribution in [0.15, 0.2) is 0 Å². The highest BCUT2D eigenvalue weighted by molar-refractivity contribution is 5.52. The monoisotopic (exact) mass is 297 g/mol. The van der Waals surface area contributed by atoms with E-state index in [1.807, 2.05) is 7.05 Å². The molecule has 0 aromatic heterocycles. The molecule has 0 bridgehead atoms. The van der Waals surface area contributed by atoms with E-state index in [2.05, 4.69) is 36.0 Å². The van der Waals surface area contributed by atoms with Crippen molar-refractivity contribution >= 4 is 6.29 Å². The lowest BCUT2D eigenvalue weighted by atomic mass is 9.89. The normalized spacial score (nSPS) is 30.8. The van der Waals surface area contributed by atoms with Gasteiger partial charge in [-0.05, 0) is 65.7 Å². The summed E-state index contributed by atoms with van der Waals surface area (Å²) in [7, 11) is 4.21. The molecule has 0 saturated carbocycles. The van der Waals surface area contributed by atoms with Crippen molar-refractivity contribution in [2.45, 2.75) is 70.5 Å². The summed E-state index contributed by atoms with van der Waals surface area (Å²) in [4.78, 5) is 15.4. The third-order valence-electron chi connectivity index (χ3n) is 5.02. The van der Waals surface area contributed by atoms with Gasteiger partial charge in [-0.15, -0.1) is 0 Å². The molecule has 2 heterocycles. The van der Waals surface area contributed by atoms with Crippen LogP contribution in [0.5, 0.6) is 0 Å². The number of aldehydes is 1. The molecule has 2 unspecified atom stereocenters. The Bertz CT molecular complexity index is 265. The summed E-state index contributed by atoms with van der Waals surface area (Å²) in [5.74, 6) is 0. The number of nitrogens with zero attached hydrogens (tertiary/aromatic N) is 2. The molecule has 0 amide bonds. The highest BCUT2D eigenvalue weighted by Crippen LogP contribution is 2.26. The number of likely N-dealkylation sites (tertiary alicyclic amines) is 2. The summed E-state index contributed by atoms with van der Waals surface area (Å²) < 4.78 is 0. The lowest BCUT2D eigenvalue weighted by molar-refractivity contribution is -0.110. The molecule has 2 aliphatic heterocycles. The number of carbonyl (C=O) groups is 1. The van der Waals surface area contributed by atoms with Crippen molar-refractivity contribution in [3.63, 3.8) is 0 Å². The molecule has 2 aliphatic rings. The molecule has 2 fully saturated rings. The molecule has 2 saturated heterocycles. The Balaban J connectivity index is 0.000000304. The van der Waals surface area contributed by atoms with Gasteiger partial charge in [0.15, 0.2) is 0 Å². The van der Waals surface area contributed by atoms with E-state index in [1.165, 1.54) is 38.8 Å². The minimum atomic E-state index is 0.575. The molecule has 2 rings (SSSR count). The van der Waals surface area contributed by atoms with E-state index in [-0.39, 0.29) is 0 Å². The lowest BCUT2D eigenvalue weighted by Gasteiger charge is -2.44. The minimum absolute atomic E-state index is 0.575. The van der Waals surface area contributed by atoms with Gasteiger partial charge in [0, 0.05) is 18.1 Å². The average molecular weight is 297 g/mol. The van der Waals surface area contributed by atoms with E-state index in [9.17, 15) is 4.79 Å². The van der Waals surface area contributed by atoms with Gasteiger partial charge in [-0.3, -0.25) is 4.90 Å². The van der Waals surface area contributed by atoms with Gasteiger partial charge in [-0.2, -0.15) is 0 Å². The van der Waals surface area contributed by atoms with Crippen molar-refractivity contribution in [3.8, 4) is 0 Å². The first kappa shape index (κ1) is 18.6. The van der Waals surface area contributed by atoms with Crippen molar-refractivity contribution < 1.29 is 4.79 Å². The second-order valence-corrected chi connectivity index (χ2v) is 6.45. The van der Waals surface area contributed by atoms with Crippen LogP contribution in [0.4, 0.5) is 0 Å². The Labute approximate surface area is 131 Å². The van der Waals surface area contributed by atoms with Crippen molar-refractivity contribution in [1.29, 1.82) is 0 Å². The van der Waals surface area contributed by atoms with Crippen LogP contribution in [-0.2, 0) is 4.79 Å². The molecular weight excluding hydrogens is 262 g/mol. The molecule has 4 nitrogen and oxygen atoms in total. The Morgan fingerprint density at radius 2 is 1.62 bits per heavy atom. The fourth-order valence-corrected chi connectivity index (χ4v) is 3.62. The van der Waals surface area contributed by atoms with Crippen LogP contribution in [0.25, 0.3) is 0 Å². The largest absolute Gasteiger partial charge is 0.317 e. The van der Waals surface area contributed by atoms with Crippen LogP contribution in [-0.4, -0.2) is 67.9 Å². The first-order valence-electron chi connectivity index (χ1n) is 8.71. The summed E-state index contributed by atoms with van der Waals surface area (Å²) >= 11 is 0. The van der Waals surface area contributed by atoms with Crippen LogP contribution >= 0.6 is 0 Å². The molecule has 4 heteroatoms. The average Bonchev–Trinajstić information content (AvgIpc) is 2.99. The molecule has 0 aromatic carbocycles. The zero-order chi connectivity index (χ0) is 15.7. The van der Waals surface area contributed by atoms with E-state index in [4.69, 9.17) is 0 Å². The molecule has 1 N–H and O–H groups in total. The summed E-state index contributed by atoms with van der Waals surface area (Å²) in [6, 6.07) is 1.78. The number of piperidine rings is 1. The van der Waals surface area contributed by atoms with Crippen molar-refractivity contribution in [3.05, 3.63) is 0 Å². The van der Waals surface area contributed by atoms with Gasteiger partial charge in [0.25, 0.3) is 0 Å². The first-order chi connectivity index (χ1) is 10.2. The van der Waals surface area contributed by atoms with Gasteiger partial charge in [-0.1, -0.05) is 13.8 Å². The van der Waals surface area contributed by atoms with Crippen molar-refractivity contribution in [1.82, 2.24) is 15.1 Å². The van der Waals surface area contributed by atoms with Gasteiger partial charge >= 0.3 is 0 Å². The summed E-state index contributed by atoms with van der Waals surface area (Å²) in [6.45, 7) is 7.67. The summed E-state index contributed by atoms with van der Waals surface area (Å²) in [5, 5.41) is 3.38. The van der Waals surface area contributed by atoms with Crippen LogP contribution in [0.2, 0.25) is 0 Å². The lowest BCUT2D eigenvalue weighted by Crippen LogP contribution is -2.53. The Morgan fingerprint density at radius 3 is 1.90 bits per heavy atom. The number of rotatable bonds is 5. The molecule has 0 spiro atoms. The Hall–Kier alpha value is -0.450. The summed E-state index contributed by atoms with van der Waals surface area (Å²) in [5.41, 5.74) is 0.